The second-order valence-corrected chi connectivity index (χ2v) is 7.62. The van der Waals surface area contributed by atoms with Crippen molar-refractivity contribution in [2.75, 3.05) is 26.3 Å². The van der Waals surface area contributed by atoms with Gasteiger partial charge in [0.05, 0.1) is 19.7 Å². The van der Waals surface area contributed by atoms with E-state index in [1.54, 1.807) is 6.20 Å². The summed E-state index contributed by atoms with van der Waals surface area (Å²) in [7, 11) is 0. The van der Waals surface area contributed by atoms with Crippen LogP contribution in [0.3, 0.4) is 0 Å². The molecule has 5 nitrogen and oxygen atoms in total. The Hall–Kier alpha value is -1.46. The molecule has 2 saturated heterocycles. The number of carbonyl (C=O) groups is 1. The lowest BCUT2D eigenvalue weighted by Gasteiger charge is -2.50. The van der Waals surface area contributed by atoms with Crippen LogP contribution in [0.2, 0.25) is 0 Å². The minimum Gasteiger partial charge on any atom is -0.377 e. The van der Waals surface area contributed by atoms with Crippen LogP contribution in [-0.2, 0) is 20.9 Å². The standard InChI is InChI=1S/C19H26N2O3/c1-14-9-17(14)18(22)21-12-19(13-21)16(5-8-24-19)4-7-23-11-15-3-2-6-20-10-15/h2-3,6,10,14,16-17H,4-5,7-9,11-13H2,1H3/t14-,16+,17-/m1/s1. The van der Waals surface area contributed by atoms with Gasteiger partial charge in [-0.25, -0.2) is 0 Å². The SMILES string of the molecule is C[C@@H]1C[C@H]1C(=O)N1CC2(C1)OCC[C@@H]2CCOCc1cccnc1. The highest BCUT2D eigenvalue weighted by Crippen LogP contribution is 2.45. The maximum Gasteiger partial charge on any atom is 0.226 e. The van der Waals surface area contributed by atoms with Gasteiger partial charge < -0.3 is 14.4 Å². The maximum absolute atomic E-state index is 12.3. The number of pyridine rings is 1. The monoisotopic (exact) mass is 330 g/mol. The first-order chi connectivity index (χ1) is 11.7. The van der Waals surface area contributed by atoms with Crippen LogP contribution in [0.15, 0.2) is 24.5 Å². The van der Waals surface area contributed by atoms with Crippen LogP contribution < -0.4 is 0 Å². The van der Waals surface area contributed by atoms with Gasteiger partial charge in [-0.1, -0.05) is 13.0 Å². The Bertz CT molecular complexity index is 586. The van der Waals surface area contributed by atoms with E-state index in [-0.39, 0.29) is 11.5 Å². The van der Waals surface area contributed by atoms with Crippen molar-refractivity contribution in [1.82, 2.24) is 9.88 Å². The molecule has 0 radical (unpaired) electrons. The van der Waals surface area contributed by atoms with Crippen LogP contribution in [0.1, 0.15) is 31.7 Å². The predicted molar refractivity (Wildman–Crippen MR) is 89.2 cm³/mol. The van der Waals surface area contributed by atoms with Gasteiger partial charge in [-0.05, 0) is 42.7 Å². The minimum atomic E-state index is -0.0918. The average Bonchev–Trinajstić information content (AvgIpc) is 3.14. The van der Waals surface area contributed by atoms with Gasteiger partial charge in [0.1, 0.15) is 5.60 Å². The van der Waals surface area contributed by atoms with E-state index in [9.17, 15) is 4.79 Å². The maximum atomic E-state index is 12.3. The third kappa shape index (κ3) is 3.07. The largest absolute Gasteiger partial charge is 0.377 e. The number of hydrogen-bond donors (Lipinski definition) is 0. The summed E-state index contributed by atoms with van der Waals surface area (Å²) in [5, 5.41) is 0. The first-order valence-corrected chi connectivity index (χ1v) is 9.07. The van der Waals surface area contributed by atoms with Crippen molar-refractivity contribution in [3.63, 3.8) is 0 Å². The summed E-state index contributed by atoms with van der Waals surface area (Å²) in [6, 6.07) is 3.96. The van der Waals surface area contributed by atoms with E-state index in [0.717, 1.165) is 51.1 Å². The molecule has 1 spiro atoms. The smallest absolute Gasteiger partial charge is 0.226 e. The summed E-state index contributed by atoms with van der Waals surface area (Å²) >= 11 is 0. The van der Waals surface area contributed by atoms with Crippen LogP contribution in [0.4, 0.5) is 0 Å². The van der Waals surface area contributed by atoms with Crippen molar-refractivity contribution in [3.05, 3.63) is 30.1 Å². The van der Waals surface area contributed by atoms with Crippen LogP contribution >= 0.6 is 0 Å². The molecule has 0 aromatic carbocycles. The molecule has 3 atom stereocenters. The zero-order valence-corrected chi connectivity index (χ0v) is 14.3. The first kappa shape index (κ1) is 16.0. The normalized spacial score (nSPS) is 30.4. The fourth-order valence-electron chi connectivity index (χ4n) is 4.10. The number of amides is 1. The van der Waals surface area contributed by atoms with Crippen molar-refractivity contribution in [1.29, 1.82) is 0 Å². The molecule has 3 aliphatic rings. The number of ether oxygens (including phenoxy) is 2. The lowest BCUT2D eigenvalue weighted by molar-refractivity contribution is -0.167. The summed E-state index contributed by atoms with van der Waals surface area (Å²) in [4.78, 5) is 18.4. The van der Waals surface area contributed by atoms with E-state index in [4.69, 9.17) is 9.47 Å². The molecule has 1 saturated carbocycles. The molecule has 0 unspecified atom stereocenters. The Balaban J connectivity index is 1.22. The van der Waals surface area contributed by atoms with Crippen LogP contribution in [0, 0.1) is 17.8 Å². The van der Waals surface area contributed by atoms with E-state index < -0.39 is 0 Å². The number of carbonyl (C=O) groups excluding carboxylic acids is 1. The number of hydrogen-bond acceptors (Lipinski definition) is 4. The highest BCUT2D eigenvalue weighted by atomic mass is 16.5. The van der Waals surface area contributed by atoms with Gasteiger partial charge in [0.25, 0.3) is 0 Å². The molecule has 3 fully saturated rings. The Labute approximate surface area is 143 Å². The van der Waals surface area contributed by atoms with Gasteiger partial charge in [0.2, 0.25) is 5.91 Å². The molecule has 1 aromatic rings. The summed E-state index contributed by atoms with van der Waals surface area (Å²) in [5.74, 6) is 1.71. The Morgan fingerprint density at radius 2 is 2.33 bits per heavy atom. The molecule has 1 aliphatic carbocycles. The zero-order chi connectivity index (χ0) is 16.6. The van der Waals surface area contributed by atoms with Crippen molar-refractivity contribution >= 4 is 5.91 Å². The van der Waals surface area contributed by atoms with E-state index in [1.807, 2.05) is 23.2 Å². The van der Waals surface area contributed by atoms with Gasteiger partial charge in [-0.2, -0.15) is 0 Å². The molecule has 4 rings (SSSR count). The van der Waals surface area contributed by atoms with Crippen LogP contribution in [0.5, 0.6) is 0 Å². The van der Waals surface area contributed by atoms with Crippen LogP contribution in [0.25, 0.3) is 0 Å². The molecule has 24 heavy (non-hydrogen) atoms. The number of likely N-dealkylation sites (tertiary alicyclic amines) is 1. The topological polar surface area (TPSA) is 51.7 Å². The highest BCUT2D eigenvalue weighted by molar-refractivity contribution is 5.82. The first-order valence-electron chi connectivity index (χ1n) is 9.07. The molecular formula is C19H26N2O3. The number of nitrogens with zero attached hydrogens (tertiary/aromatic N) is 2. The van der Waals surface area contributed by atoms with E-state index in [0.29, 0.717) is 24.3 Å². The number of aromatic nitrogens is 1. The van der Waals surface area contributed by atoms with Gasteiger partial charge in [-0.3, -0.25) is 9.78 Å². The molecule has 5 heteroatoms. The van der Waals surface area contributed by atoms with Crippen molar-refractivity contribution < 1.29 is 14.3 Å². The van der Waals surface area contributed by atoms with Gasteiger partial charge in [-0.15, -0.1) is 0 Å². The second kappa shape index (κ2) is 6.45. The van der Waals surface area contributed by atoms with E-state index >= 15 is 0 Å². The number of rotatable bonds is 6. The molecule has 0 bridgehead atoms. The third-order valence-corrected chi connectivity index (χ3v) is 5.86. The molecule has 1 amide bonds. The Kier molecular flexibility index (Phi) is 4.31. The lowest BCUT2D eigenvalue weighted by Crippen LogP contribution is -2.66. The summed E-state index contributed by atoms with van der Waals surface area (Å²) in [6.07, 6.45) is 6.76. The minimum absolute atomic E-state index is 0.0918. The molecule has 130 valence electrons. The molecule has 3 heterocycles. The lowest BCUT2D eigenvalue weighted by atomic mass is 9.79. The van der Waals surface area contributed by atoms with E-state index in [2.05, 4.69) is 11.9 Å². The average molecular weight is 330 g/mol. The van der Waals surface area contributed by atoms with E-state index in [1.165, 1.54) is 0 Å². The molecular weight excluding hydrogens is 304 g/mol. The molecule has 1 aromatic heterocycles. The zero-order valence-electron chi connectivity index (χ0n) is 14.3. The van der Waals surface area contributed by atoms with Crippen LogP contribution in [-0.4, -0.2) is 47.7 Å². The quantitative estimate of drug-likeness (QED) is 0.751. The Morgan fingerprint density at radius 1 is 1.50 bits per heavy atom. The molecule has 2 aliphatic heterocycles. The predicted octanol–water partition coefficient (Wildman–Crippen LogP) is 2.26. The van der Waals surface area contributed by atoms with Crippen molar-refractivity contribution in [2.45, 2.75) is 38.4 Å². The highest BCUT2D eigenvalue weighted by Gasteiger charge is 2.56. The Morgan fingerprint density at radius 3 is 3.04 bits per heavy atom. The van der Waals surface area contributed by atoms with Gasteiger partial charge in [0.15, 0.2) is 0 Å². The summed E-state index contributed by atoms with van der Waals surface area (Å²) in [6.45, 7) is 5.88. The fraction of sp³-hybridized carbons (Fsp3) is 0.684. The van der Waals surface area contributed by atoms with Gasteiger partial charge >= 0.3 is 0 Å². The third-order valence-electron chi connectivity index (χ3n) is 5.86. The van der Waals surface area contributed by atoms with Gasteiger partial charge in [0, 0.05) is 31.5 Å². The fourth-order valence-corrected chi connectivity index (χ4v) is 4.10. The second-order valence-electron chi connectivity index (χ2n) is 7.62. The van der Waals surface area contributed by atoms with Crippen molar-refractivity contribution in [2.24, 2.45) is 17.8 Å². The summed E-state index contributed by atoms with van der Waals surface area (Å²) < 4.78 is 11.9. The summed E-state index contributed by atoms with van der Waals surface area (Å²) in [5.41, 5.74) is 1.01. The molecule has 0 N–H and O–H groups in total. The van der Waals surface area contributed by atoms with Crippen molar-refractivity contribution in [3.8, 4) is 0 Å².